The van der Waals surface area contributed by atoms with Crippen molar-refractivity contribution >= 4 is 5.97 Å². The molecule has 0 heterocycles. The molecule has 0 aromatic rings. The molecule has 4 aliphatic carbocycles. The van der Waals surface area contributed by atoms with Gasteiger partial charge in [0.1, 0.15) is 11.3 Å². The first-order valence-electron chi connectivity index (χ1n) is 5.85. The standard InChI is InChI=1S/C12H16F2O2/c1-16-9(15)10-2-8-3-11(13,5-10)7-12(14,4-8)6-10/h8H,2-7H2,1H3/t8?,10?,11-,12+. The summed E-state index contributed by atoms with van der Waals surface area (Å²) in [4.78, 5) is 11.8. The lowest BCUT2D eigenvalue weighted by Gasteiger charge is -2.59. The zero-order chi connectivity index (χ0) is 11.6. The molecule has 4 atom stereocenters. The maximum Gasteiger partial charge on any atom is 0.312 e. The Bertz CT molecular complexity index is 337. The highest BCUT2D eigenvalue weighted by atomic mass is 19.2. The number of carbonyl (C=O) groups excluding carboxylic acids is 1. The van der Waals surface area contributed by atoms with E-state index < -0.39 is 22.7 Å². The van der Waals surface area contributed by atoms with Crippen LogP contribution in [0.25, 0.3) is 0 Å². The van der Waals surface area contributed by atoms with E-state index in [4.69, 9.17) is 4.74 Å². The Kier molecular flexibility index (Phi) is 1.81. The first kappa shape index (κ1) is 10.5. The van der Waals surface area contributed by atoms with Crippen LogP contribution in [0.15, 0.2) is 0 Å². The molecule has 0 aromatic carbocycles. The second-order valence-electron chi connectivity index (χ2n) is 6.08. The second-order valence-corrected chi connectivity index (χ2v) is 6.08. The Morgan fingerprint density at radius 2 is 1.69 bits per heavy atom. The molecule has 4 saturated carbocycles. The second kappa shape index (κ2) is 2.77. The van der Waals surface area contributed by atoms with Crippen LogP contribution in [0.3, 0.4) is 0 Å². The number of hydrogen-bond donors (Lipinski definition) is 0. The zero-order valence-corrected chi connectivity index (χ0v) is 9.39. The van der Waals surface area contributed by atoms with Gasteiger partial charge in [-0.05, 0) is 38.0 Å². The fourth-order valence-corrected chi connectivity index (χ4v) is 4.65. The van der Waals surface area contributed by atoms with Gasteiger partial charge in [-0.2, -0.15) is 0 Å². The van der Waals surface area contributed by atoms with E-state index in [2.05, 4.69) is 0 Å². The van der Waals surface area contributed by atoms with E-state index in [1.165, 1.54) is 7.11 Å². The summed E-state index contributed by atoms with van der Waals surface area (Å²) in [6.45, 7) is 0. The Balaban J connectivity index is 2.01. The van der Waals surface area contributed by atoms with Crippen LogP contribution in [0.5, 0.6) is 0 Å². The molecule has 4 aliphatic rings. The predicted octanol–water partition coefficient (Wildman–Crippen LogP) is 2.56. The highest BCUT2D eigenvalue weighted by Crippen LogP contribution is 2.65. The summed E-state index contributed by atoms with van der Waals surface area (Å²) in [5, 5.41) is 0. The molecule has 16 heavy (non-hydrogen) atoms. The van der Waals surface area contributed by atoms with Gasteiger partial charge in [0, 0.05) is 6.42 Å². The first-order valence-corrected chi connectivity index (χ1v) is 5.85. The van der Waals surface area contributed by atoms with E-state index in [9.17, 15) is 13.6 Å². The van der Waals surface area contributed by atoms with E-state index in [0.717, 1.165) is 0 Å². The van der Waals surface area contributed by atoms with Gasteiger partial charge in [0.2, 0.25) is 0 Å². The molecule has 0 amide bonds. The number of methoxy groups -OCH3 is 1. The molecule has 90 valence electrons. The number of rotatable bonds is 1. The molecule has 0 radical (unpaired) electrons. The van der Waals surface area contributed by atoms with Crippen molar-refractivity contribution in [3.63, 3.8) is 0 Å². The van der Waals surface area contributed by atoms with E-state index in [-0.39, 0.29) is 25.2 Å². The summed E-state index contributed by atoms with van der Waals surface area (Å²) in [5.41, 5.74) is -3.82. The molecule has 0 spiro atoms. The van der Waals surface area contributed by atoms with Crippen molar-refractivity contribution in [2.75, 3.05) is 7.11 Å². The van der Waals surface area contributed by atoms with Crippen molar-refractivity contribution in [3.05, 3.63) is 0 Å². The molecule has 2 nitrogen and oxygen atoms in total. The van der Waals surface area contributed by atoms with Crippen LogP contribution < -0.4 is 0 Å². The van der Waals surface area contributed by atoms with Gasteiger partial charge in [-0.3, -0.25) is 4.79 Å². The third kappa shape index (κ3) is 1.25. The van der Waals surface area contributed by atoms with Gasteiger partial charge in [0.25, 0.3) is 0 Å². The monoisotopic (exact) mass is 230 g/mol. The molecular weight excluding hydrogens is 214 g/mol. The molecule has 0 aromatic heterocycles. The fraction of sp³-hybridized carbons (Fsp3) is 0.917. The SMILES string of the molecule is COC(=O)C12CC3C[C@@](F)(C1)C[C@](F)(C3)C2. The van der Waals surface area contributed by atoms with Crippen LogP contribution in [-0.2, 0) is 9.53 Å². The third-order valence-corrected chi connectivity index (χ3v) is 4.55. The largest absolute Gasteiger partial charge is 0.469 e. The summed E-state index contributed by atoms with van der Waals surface area (Å²) < 4.78 is 33.6. The van der Waals surface area contributed by atoms with Crippen LogP contribution in [-0.4, -0.2) is 24.4 Å². The average molecular weight is 230 g/mol. The maximum atomic E-state index is 14.4. The van der Waals surface area contributed by atoms with Crippen molar-refractivity contribution in [3.8, 4) is 0 Å². The highest BCUT2D eigenvalue weighted by Gasteiger charge is 2.67. The Hall–Kier alpha value is -0.670. The Morgan fingerprint density at radius 3 is 2.12 bits per heavy atom. The zero-order valence-electron chi connectivity index (χ0n) is 9.39. The molecule has 4 rings (SSSR count). The number of carbonyl (C=O) groups is 1. The lowest BCUT2D eigenvalue weighted by molar-refractivity contribution is -0.200. The number of alkyl halides is 2. The summed E-state index contributed by atoms with van der Waals surface area (Å²) in [6, 6.07) is 0. The average Bonchev–Trinajstić information content (AvgIpc) is 2.10. The molecular formula is C12H16F2O2. The van der Waals surface area contributed by atoms with E-state index in [1.807, 2.05) is 0 Å². The summed E-state index contributed by atoms with van der Waals surface area (Å²) in [7, 11) is 1.30. The van der Waals surface area contributed by atoms with Gasteiger partial charge in [-0.25, -0.2) is 8.78 Å². The minimum atomic E-state index is -1.47. The Labute approximate surface area is 93.3 Å². The normalized spacial score (nSPS) is 54.1. The molecule has 0 N–H and O–H groups in total. The van der Waals surface area contributed by atoms with Crippen LogP contribution in [0, 0.1) is 11.3 Å². The molecule has 2 unspecified atom stereocenters. The smallest absolute Gasteiger partial charge is 0.312 e. The van der Waals surface area contributed by atoms with Crippen molar-refractivity contribution in [1.82, 2.24) is 0 Å². The van der Waals surface area contributed by atoms with Gasteiger partial charge in [0.05, 0.1) is 12.5 Å². The number of hydrogen-bond acceptors (Lipinski definition) is 2. The van der Waals surface area contributed by atoms with E-state index in [1.54, 1.807) is 0 Å². The topological polar surface area (TPSA) is 26.3 Å². The lowest BCUT2D eigenvalue weighted by atomic mass is 9.47. The lowest BCUT2D eigenvalue weighted by Crippen LogP contribution is -2.62. The summed E-state index contributed by atoms with van der Waals surface area (Å²) in [6.07, 6.45) is 1.77. The minimum Gasteiger partial charge on any atom is -0.469 e. The van der Waals surface area contributed by atoms with Gasteiger partial charge >= 0.3 is 5.97 Å². The third-order valence-electron chi connectivity index (χ3n) is 4.55. The summed E-state index contributed by atoms with van der Waals surface area (Å²) in [5.74, 6) is -0.397. The van der Waals surface area contributed by atoms with Gasteiger partial charge in [0.15, 0.2) is 0 Å². The van der Waals surface area contributed by atoms with E-state index >= 15 is 0 Å². The van der Waals surface area contributed by atoms with Gasteiger partial charge in [-0.15, -0.1) is 0 Å². The Morgan fingerprint density at radius 1 is 1.12 bits per heavy atom. The van der Waals surface area contributed by atoms with Crippen molar-refractivity contribution < 1.29 is 18.3 Å². The van der Waals surface area contributed by atoms with Crippen molar-refractivity contribution in [2.45, 2.75) is 49.9 Å². The molecule has 4 bridgehead atoms. The molecule has 4 heteroatoms. The molecule has 0 saturated heterocycles. The predicted molar refractivity (Wildman–Crippen MR) is 53.3 cm³/mol. The fourth-order valence-electron chi connectivity index (χ4n) is 4.65. The highest BCUT2D eigenvalue weighted by molar-refractivity contribution is 5.78. The van der Waals surface area contributed by atoms with Gasteiger partial charge in [-0.1, -0.05) is 0 Å². The maximum absolute atomic E-state index is 14.4. The van der Waals surface area contributed by atoms with Gasteiger partial charge < -0.3 is 4.74 Å². The van der Waals surface area contributed by atoms with Crippen LogP contribution >= 0.6 is 0 Å². The molecule has 0 aliphatic heterocycles. The summed E-state index contributed by atoms with van der Waals surface area (Å²) >= 11 is 0. The van der Waals surface area contributed by atoms with Crippen molar-refractivity contribution in [2.24, 2.45) is 11.3 Å². The minimum absolute atomic E-state index is 0.0186. The van der Waals surface area contributed by atoms with Crippen molar-refractivity contribution in [1.29, 1.82) is 0 Å². The quantitative estimate of drug-likeness (QED) is 0.647. The van der Waals surface area contributed by atoms with Crippen LogP contribution in [0.4, 0.5) is 8.78 Å². The number of esters is 1. The van der Waals surface area contributed by atoms with Crippen LogP contribution in [0.1, 0.15) is 38.5 Å². The number of ether oxygens (including phenoxy) is 1. The van der Waals surface area contributed by atoms with E-state index in [0.29, 0.717) is 19.3 Å². The number of halogens is 2. The first-order chi connectivity index (χ1) is 7.39. The molecule has 4 fully saturated rings. The van der Waals surface area contributed by atoms with Crippen LogP contribution in [0.2, 0.25) is 0 Å².